The van der Waals surface area contributed by atoms with E-state index in [4.69, 9.17) is 14.2 Å². The highest BCUT2D eigenvalue weighted by Crippen LogP contribution is 2.43. The van der Waals surface area contributed by atoms with Gasteiger partial charge in [0.15, 0.2) is 0 Å². The van der Waals surface area contributed by atoms with Crippen molar-refractivity contribution in [1.82, 2.24) is 9.97 Å². The van der Waals surface area contributed by atoms with Gasteiger partial charge in [0.2, 0.25) is 0 Å². The second-order valence-electron chi connectivity index (χ2n) is 5.20. The molecule has 0 bridgehead atoms. The smallest absolute Gasteiger partial charge is 0.309 e. The molecule has 6 heteroatoms. The minimum Gasteiger partial charge on any atom is -0.497 e. The predicted octanol–water partition coefficient (Wildman–Crippen LogP) is 2.85. The van der Waals surface area contributed by atoms with Gasteiger partial charge in [-0.25, -0.2) is 9.97 Å². The van der Waals surface area contributed by atoms with Crippen LogP contribution in [0.2, 0.25) is 0 Å². The monoisotopic (exact) mass is 314 g/mol. The molecule has 1 aliphatic rings. The Morgan fingerprint density at radius 1 is 1.39 bits per heavy atom. The van der Waals surface area contributed by atoms with E-state index < -0.39 is 6.10 Å². The lowest BCUT2D eigenvalue weighted by Gasteiger charge is -2.27. The summed E-state index contributed by atoms with van der Waals surface area (Å²) >= 11 is 0. The van der Waals surface area contributed by atoms with Crippen LogP contribution in [0.25, 0.3) is 11.3 Å². The van der Waals surface area contributed by atoms with Crippen molar-refractivity contribution >= 4 is 5.97 Å². The molecule has 0 saturated carbocycles. The lowest BCUT2D eigenvalue weighted by Crippen LogP contribution is -2.20. The van der Waals surface area contributed by atoms with E-state index in [9.17, 15) is 4.79 Å². The Morgan fingerprint density at radius 2 is 2.22 bits per heavy atom. The summed E-state index contributed by atoms with van der Waals surface area (Å²) in [6.07, 6.45) is 1.38. The van der Waals surface area contributed by atoms with Crippen LogP contribution in [0.3, 0.4) is 0 Å². The molecule has 23 heavy (non-hydrogen) atoms. The number of fused-ring (bicyclic) bond motifs is 3. The van der Waals surface area contributed by atoms with E-state index in [1.165, 1.54) is 0 Å². The maximum atomic E-state index is 11.8. The van der Waals surface area contributed by atoms with E-state index >= 15 is 0 Å². The summed E-state index contributed by atoms with van der Waals surface area (Å²) in [7, 11) is 1.61. The van der Waals surface area contributed by atoms with E-state index in [0.717, 1.165) is 22.6 Å². The van der Waals surface area contributed by atoms with Crippen molar-refractivity contribution in [2.75, 3.05) is 13.7 Å². The number of ether oxygens (including phenoxy) is 3. The quantitative estimate of drug-likeness (QED) is 0.808. The average Bonchev–Trinajstić information content (AvgIpc) is 2.54. The number of esters is 1. The Morgan fingerprint density at radius 3 is 2.96 bits per heavy atom. The zero-order chi connectivity index (χ0) is 16.4. The third kappa shape index (κ3) is 2.97. The van der Waals surface area contributed by atoms with Crippen LogP contribution >= 0.6 is 0 Å². The summed E-state index contributed by atoms with van der Waals surface area (Å²) in [6, 6.07) is 5.52. The average molecular weight is 314 g/mol. The molecule has 3 rings (SSSR count). The Balaban J connectivity index is 2.04. The van der Waals surface area contributed by atoms with E-state index in [2.05, 4.69) is 9.97 Å². The van der Waals surface area contributed by atoms with Crippen molar-refractivity contribution < 1.29 is 19.0 Å². The molecule has 120 valence electrons. The number of nitrogens with zero attached hydrogens (tertiary/aromatic N) is 2. The van der Waals surface area contributed by atoms with Gasteiger partial charge in [-0.05, 0) is 32.0 Å². The van der Waals surface area contributed by atoms with Gasteiger partial charge < -0.3 is 14.2 Å². The SMILES string of the molecule is CCOC(=O)CC1Oc2ccc(OC)cc2-c2nc(C)ncc21. The van der Waals surface area contributed by atoms with Gasteiger partial charge in [0.1, 0.15) is 23.4 Å². The molecule has 2 heterocycles. The molecule has 1 atom stereocenters. The number of hydrogen-bond donors (Lipinski definition) is 0. The normalized spacial score (nSPS) is 15.2. The number of aryl methyl sites for hydroxylation is 1. The van der Waals surface area contributed by atoms with Crippen LogP contribution in [0.4, 0.5) is 0 Å². The summed E-state index contributed by atoms with van der Waals surface area (Å²) < 4.78 is 16.3. The molecule has 0 radical (unpaired) electrons. The Hall–Kier alpha value is -2.63. The van der Waals surface area contributed by atoms with Crippen molar-refractivity contribution in [3.05, 3.63) is 35.8 Å². The largest absolute Gasteiger partial charge is 0.497 e. The van der Waals surface area contributed by atoms with E-state index in [1.54, 1.807) is 20.2 Å². The molecule has 0 amide bonds. The Labute approximate surface area is 134 Å². The van der Waals surface area contributed by atoms with Crippen molar-refractivity contribution in [2.24, 2.45) is 0 Å². The third-order valence-electron chi connectivity index (χ3n) is 3.65. The molecule has 0 aliphatic carbocycles. The number of rotatable bonds is 4. The third-order valence-corrected chi connectivity index (χ3v) is 3.65. The van der Waals surface area contributed by atoms with Crippen LogP contribution in [-0.2, 0) is 9.53 Å². The molecule has 1 unspecified atom stereocenters. The second-order valence-corrected chi connectivity index (χ2v) is 5.20. The van der Waals surface area contributed by atoms with Crippen LogP contribution in [0.1, 0.15) is 30.8 Å². The topological polar surface area (TPSA) is 70.5 Å². The fraction of sp³-hybridized carbons (Fsp3) is 0.353. The molecular formula is C17H18N2O4. The number of benzene rings is 1. The molecule has 0 N–H and O–H groups in total. The number of aromatic nitrogens is 2. The summed E-state index contributed by atoms with van der Waals surface area (Å²) in [5.41, 5.74) is 2.39. The molecule has 1 aliphatic heterocycles. The van der Waals surface area contributed by atoms with Crippen LogP contribution in [0, 0.1) is 6.92 Å². The fourth-order valence-electron chi connectivity index (χ4n) is 2.59. The molecule has 1 aromatic heterocycles. The van der Waals surface area contributed by atoms with Crippen LogP contribution in [-0.4, -0.2) is 29.7 Å². The summed E-state index contributed by atoms with van der Waals surface area (Å²) in [5, 5.41) is 0. The number of hydrogen-bond acceptors (Lipinski definition) is 6. The molecule has 0 spiro atoms. The molecule has 2 aromatic rings. The Kier molecular flexibility index (Phi) is 4.14. The zero-order valence-corrected chi connectivity index (χ0v) is 13.3. The van der Waals surface area contributed by atoms with Crippen molar-refractivity contribution in [2.45, 2.75) is 26.4 Å². The second kappa shape index (κ2) is 6.24. The predicted molar refractivity (Wildman–Crippen MR) is 83.4 cm³/mol. The van der Waals surface area contributed by atoms with Gasteiger partial charge in [0.25, 0.3) is 0 Å². The highest BCUT2D eigenvalue weighted by molar-refractivity contribution is 5.76. The van der Waals surface area contributed by atoms with Gasteiger partial charge in [0, 0.05) is 17.3 Å². The maximum absolute atomic E-state index is 11.8. The summed E-state index contributed by atoms with van der Waals surface area (Å²) in [6.45, 7) is 3.95. The molecule has 1 aromatic carbocycles. The van der Waals surface area contributed by atoms with Gasteiger partial charge in [0.05, 0.1) is 25.8 Å². The van der Waals surface area contributed by atoms with Crippen molar-refractivity contribution in [3.8, 4) is 22.8 Å². The number of methoxy groups -OCH3 is 1. The Bertz CT molecular complexity index is 745. The van der Waals surface area contributed by atoms with Crippen LogP contribution < -0.4 is 9.47 Å². The molecule has 0 fully saturated rings. The molecule has 6 nitrogen and oxygen atoms in total. The molecular weight excluding hydrogens is 296 g/mol. The van der Waals surface area contributed by atoms with E-state index in [0.29, 0.717) is 18.2 Å². The number of carbonyl (C=O) groups excluding carboxylic acids is 1. The van der Waals surface area contributed by atoms with Crippen molar-refractivity contribution in [3.63, 3.8) is 0 Å². The lowest BCUT2D eigenvalue weighted by molar-refractivity contribution is -0.145. The van der Waals surface area contributed by atoms with E-state index in [1.807, 2.05) is 25.1 Å². The number of carbonyl (C=O) groups is 1. The minimum absolute atomic E-state index is 0.124. The lowest BCUT2D eigenvalue weighted by atomic mass is 9.97. The first-order valence-electron chi connectivity index (χ1n) is 7.46. The van der Waals surface area contributed by atoms with Gasteiger partial charge in [-0.1, -0.05) is 0 Å². The highest BCUT2D eigenvalue weighted by atomic mass is 16.5. The van der Waals surface area contributed by atoms with Gasteiger partial charge >= 0.3 is 5.97 Å². The van der Waals surface area contributed by atoms with Gasteiger partial charge in [-0.15, -0.1) is 0 Å². The first-order chi connectivity index (χ1) is 11.1. The first kappa shape index (κ1) is 15.3. The summed E-state index contributed by atoms with van der Waals surface area (Å²) in [5.74, 6) is 1.75. The standard InChI is InChI=1S/C17H18N2O4/c1-4-22-16(20)8-15-13-9-18-10(2)19-17(13)12-7-11(21-3)5-6-14(12)23-15/h5-7,9,15H,4,8H2,1-3H3. The van der Waals surface area contributed by atoms with Gasteiger partial charge in [-0.3, -0.25) is 4.79 Å². The van der Waals surface area contributed by atoms with E-state index in [-0.39, 0.29) is 12.4 Å². The minimum atomic E-state index is -0.453. The zero-order valence-electron chi connectivity index (χ0n) is 13.3. The first-order valence-corrected chi connectivity index (χ1v) is 7.46. The maximum Gasteiger partial charge on any atom is 0.309 e. The summed E-state index contributed by atoms with van der Waals surface area (Å²) in [4.78, 5) is 20.6. The fourth-order valence-corrected chi connectivity index (χ4v) is 2.59. The van der Waals surface area contributed by atoms with Crippen molar-refractivity contribution in [1.29, 1.82) is 0 Å². The highest BCUT2D eigenvalue weighted by Gasteiger charge is 2.30. The van der Waals surface area contributed by atoms with Crippen LogP contribution in [0.15, 0.2) is 24.4 Å². The molecule has 0 saturated heterocycles. The van der Waals surface area contributed by atoms with Gasteiger partial charge in [-0.2, -0.15) is 0 Å². The van der Waals surface area contributed by atoms with Crippen LogP contribution in [0.5, 0.6) is 11.5 Å².